The van der Waals surface area contributed by atoms with Crippen LogP contribution in [0.1, 0.15) is 11.1 Å². The van der Waals surface area contributed by atoms with Crippen LogP contribution in [0.5, 0.6) is 0 Å². The number of aliphatic carboxylic acids is 1. The molecule has 2 heterocycles. The second kappa shape index (κ2) is 6.43. The third kappa shape index (κ3) is 3.91. The Bertz CT molecular complexity index is 606. The number of aryl methyl sites for hydroxylation is 1. The molecule has 1 saturated heterocycles. The van der Waals surface area contributed by atoms with Gasteiger partial charge in [0.1, 0.15) is 0 Å². The lowest BCUT2D eigenvalue weighted by Gasteiger charge is -2.19. The zero-order valence-corrected chi connectivity index (χ0v) is 12.3. The molecular formula is C14H16F3N3O3. The van der Waals surface area contributed by atoms with Crippen molar-refractivity contribution in [2.45, 2.75) is 19.6 Å². The van der Waals surface area contributed by atoms with Crippen LogP contribution in [0.25, 0.3) is 0 Å². The van der Waals surface area contributed by atoms with E-state index in [-0.39, 0.29) is 6.54 Å². The number of carbonyl (C=O) groups excluding carboxylic acids is 1. The first kappa shape index (κ1) is 17.0. The minimum atomic E-state index is -4.65. The van der Waals surface area contributed by atoms with Gasteiger partial charge in [-0.05, 0) is 24.1 Å². The van der Waals surface area contributed by atoms with Gasteiger partial charge in [-0.15, -0.1) is 0 Å². The third-order valence-electron chi connectivity index (χ3n) is 3.91. The lowest BCUT2D eigenvalue weighted by atomic mass is 9.96. The van der Waals surface area contributed by atoms with Crippen LogP contribution in [0.2, 0.25) is 0 Å². The number of carboxylic acid groups (broad SMARTS) is 1. The van der Waals surface area contributed by atoms with Crippen LogP contribution in [0, 0.1) is 18.8 Å². The van der Waals surface area contributed by atoms with E-state index in [9.17, 15) is 22.8 Å². The molecule has 1 aliphatic heterocycles. The van der Waals surface area contributed by atoms with Gasteiger partial charge in [-0.3, -0.25) is 9.78 Å². The van der Waals surface area contributed by atoms with Crippen molar-refractivity contribution in [1.82, 2.24) is 15.2 Å². The molecule has 1 fully saturated rings. The van der Waals surface area contributed by atoms with Crippen molar-refractivity contribution in [3.05, 3.63) is 29.6 Å². The van der Waals surface area contributed by atoms with Gasteiger partial charge < -0.3 is 15.3 Å². The summed E-state index contributed by atoms with van der Waals surface area (Å²) in [6.07, 6.45) is -1.50. The van der Waals surface area contributed by atoms with Gasteiger partial charge in [-0.1, -0.05) is 0 Å². The molecule has 1 aliphatic rings. The van der Waals surface area contributed by atoms with Gasteiger partial charge in [-0.25, -0.2) is 4.79 Å². The van der Waals surface area contributed by atoms with E-state index in [1.807, 2.05) is 0 Å². The molecule has 1 aromatic heterocycles. The summed E-state index contributed by atoms with van der Waals surface area (Å²) >= 11 is 0. The number of halogens is 3. The van der Waals surface area contributed by atoms with Gasteiger partial charge in [0, 0.05) is 32.0 Å². The predicted octanol–water partition coefficient (Wildman–Crippen LogP) is 1.79. The molecule has 0 aromatic carbocycles. The van der Waals surface area contributed by atoms with Gasteiger partial charge in [0.25, 0.3) is 0 Å². The van der Waals surface area contributed by atoms with Crippen molar-refractivity contribution in [2.75, 3.05) is 13.1 Å². The number of alkyl halides is 3. The van der Waals surface area contributed by atoms with Crippen molar-refractivity contribution in [1.29, 1.82) is 0 Å². The van der Waals surface area contributed by atoms with Crippen LogP contribution in [0.15, 0.2) is 18.5 Å². The highest BCUT2D eigenvalue weighted by molar-refractivity contribution is 5.77. The van der Waals surface area contributed by atoms with E-state index in [2.05, 4.69) is 10.3 Å². The van der Waals surface area contributed by atoms with E-state index in [4.69, 9.17) is 5.11 Å². The average Bonchev–Trinajstić information content (AvgIpc) is 2.91. The summed E-state index contributed by atoms with van der Waals surface area (Å²) in [5.41, 5.74) is 1.63. The fraction of sp³-hybridized carbons (Fsp3) is 0.500. The minimum absolute atomic E-state index is 0.137. The van der Waals surface area contributed by atoms with Gasteiger partial charge in [0.15, 0.2) is 0 Å². The summed E-state index contributed by atoms with van der Waals surface area (Å²) in [6, 6.07) is 0.984. The second-order valence-corrected chi connectivity index (χ2v) is 5.46. The number of carboxylic acids is 1. The molecule has 126 valence electrons. The summed E-state index contributed by atoms with van der Waals surface area (Å²) in [6.45, 7) is 0.824. The topological polar surface area (TPSA) is 82.5 Å². The molecule has 0 aliphatic carbocycles. The fourth-order valence-electron chi connectivity index (χ4n) is 2.53. The van der Waals surface area contributed by atoms with E-state index in [0.29, 0.717) is 0 Å². The normalized spacial score (nSPS) is 21.3. The van der Waals surface area contributed by atoms with E-state index < -0.39 is 43.1 Å². The van der Waals surface area contributed by atoms with Crippen molar-refractivity contribution in [2.24, 2.45) is 11.8 Å². The Morgan fingerprint density at radius 2 is 2.13 bits per heavy atom. The Labute approximate surface area is 130 Å². The molecule has 0 bridgehead atoms. The molecule has 0 spiro atoms. The largest absolute Gasteiger partial charge is 0.481 e. The summed E-state index contributed by atoms with van der Waals surface area (Å²) in [4.78, 5) is 27.8. The van der Waals surface area contributed by atoms with E-state index >= 15 is 0 Å². The number of pyridine rings is 1. The number of amides is 2. The second-order valence-electron chi connectivity index (χ2n) is 5.46. The molecule has 0 saturated carbocycles. The molecular weight excluding hydrogens is 315 g/mol. The van der Waals surface area contributed by atoms with Crippen LogP contribution in [0.4, 0.5) is 18.0 Å². The number of likely N-dealkylation sites (tertiary alicyclic amines) is 1. The van der Waals surface area contributed by atoms with E-state index in [1.165, 1.54) is 0 Å². The average molecular weight is 331 g/mol. The van der Waals surface area contributed by atoms with Crippen LogP contribution < -0.4 is 5.32 Å². The van der Waals surface area contributed by atoms with Crippen LogP contribution in [-0.2, 0) is 11.3 Å². The van der Waals surface area contributed by atoms with Crippen molar-refractivity contribution >= 4 is 12.0 Å². The molecule has 2 N–H and O–H groups in total. The molecule has 6 nitrogen and oxygen atoms in total. The number of rotatable bonds is 3. The maximum atomic E-state index is 12.9. The molecule has 2 atom stereocenters. The van der Waals surface area contributed by atoms with Crippen molar-refractivity contribution < 1.29 is 27.9 Å². The first-order valence-corrected chi connectivity index (χ1v) is 6.92. The number of urea groups is 1. The van der Waals surface area contributed by atoms with Gasteiger partial charge in [0.05, 0.1) is 11.8 Å². The van der Waals surface area contributed by atoms with Crippen LogP contribution >= 0.6 is 0 Å². The molecule has 0 radical (unpaired) electrons. The number of nitrogens with zero attached hydrogens (tertiary/aromatic N) is 2. The van der Waals surface area contributed by atoms with Gasteiger partial charge in [0.2, 0.25) is 0 Å². The summed E-state index contributed by atoms with van der Waals surface area (Å²) in [5, 5.41) is 11.4. The summed E-state index contributed by atoms with van der Waals surface area (Å²) in [7, 11) is 0. The lowest BCUT2D eigenvalue weighted by Crippen LogP contribution is -2.39. The lowest BCUT2D eigenvalue weighted by molar-refractivity contribution is -0.187. The summed E-state index contributed by atoms with van der Waals surface area (Å²) < 4.78 is 38.6. The third-order valence-corrected chi connectivity index (χ3v) is 3.91. The Morgan fingerprint density at radius 3 is 2.65 bits per heavy atom. The van der Waals surface area contributed by atoms with E-state index in [1.54, 1.807) is 25.4 Å². The number of hydrogen-bond acceptors (Lipinski definition) is 3. The number of carbonyl (C=O) groups is 2. The van der Waals surface area contributed by atoms with Crippen molar-refractivity contribution in [3.8, 4) is 0 Å². The standard InChI is InChI=1S/C14H16F3N3O3/c1-8-4-18-3-2-9(8)5-19-13(23)20-6-10(12(21)22)11(7-20)14(15,16)17/h2-4,10-11H,5-7H2,1H3,(H,19,23)(H,21,22)/t10-,11-/m1/s1. The molecule has 2 amide bonds. The highest BCUT2D eigenvalue weighted by Crippen LogP contribution is 2.37. The molecule has 0 unspecified atom stereocenters. The fourth-order valence-corrected chi connectivity index (χ4v) is 2.53. The first-order chi connectivity index (χ1) is 10.7. The smallest absolute Gasteiger partial charge is 0.394 e. The highest BCUT2D eigenvalue weighted by atomic mass is 19.4. The van der Waals surface area contributed by atoms with Crippen molar-refractivity contribution in [3.63, 3.8) is 0 Å². The number of hydrogen-bond donors (Lipinski definition) is 2. The minimum Gasteiger partial charge on any atom is -0.481 e. The van der Waals surface area contributed by atoms with Crippen LogP contribution in [-0.4, -0.2) is 46.3 Å². The quantitative estimate of drug-likeness (QED) is 0.885. The monoisotopic (exact) mass is 331 g/mol. The Morgan fingerprint density at radius 1 is 1.43 bits per heavy atom. The maximum Gasteiger partial charge on any atom is 0.394 e. The molecule has 23 heavy (non-hydrogen) atoms. The Balaban J connectivity index is 2.01. The Kier molecular flexibility index (Phi) is 4.76. The van der Waals surface area contributed by atoms with E-state index in [0.717, 1.165) is 16.0 Å². The molecule has 1 aromatic rings. The first-order valence-electron chi connectivity index (χ1n) is 6.92. The zero-order chi connectivity index (χ0) is 17.2. The molecule has 9 heteroatoms. The SMILES string of the molecule is Cc1cnccc1CNC(=O)N1C[C@@H](C(F)(F)F)[C@H](C(=O)O)C1. The summed E-state index contributed by atoms with van der Waals surface area (Å²) in [5.74, 6) is -5.23. The van der Waals surface area contributed by atoms with Gasteiger partial charge in [-0.2, -0.15) is 13.2 Å². The highest BCUT2D eigenvalue weighted by Gasteiger charge is 2.53. The predicted molar refractivity (Wildman–Crippen MR) is 73.5 cm³/mol. The van der Waals surface area contributed by atoms with Gasteiger partial charge >= 0.3 is 18.2 Å². The number of nitrogens with one attached hydrogen (secondary N) is 1. The van der Waals surface area contributed by atoms with Crippen LogP contribution in [0.3, 0.4) is 0 Å². The zero-order valence-electron chi connectivity index (χ0n) is 12.3. The number of aromatic nitrogens is 1. The Hall–Kier alpha value is -2.32. The maximum absolute atomic E-state index is 12.9. The molecule has 2 rings (SSSR count).